The van der Waals surface area contributed by atoms with Gasteiger partial charge in [0, 0.05) is 17.8 Å². The Balaban J connectivity index is 1.76. The van der Waals surface area contributed by atoms with Crippen LogP contribution in [0.5, 0.6) is 0 Å². The van der Waals surface area contributed by atoms with Gasteiger partial charge in [-0.05, 0) is 18.2 Å². The lowest BCUT2D eigenvalue weighted by Gasteiger charge is -2.03. The van der Waals surface area contributed by atoms with Crippen LogP contribution < -0.4 is 10.9 Å². The van der Waals surface area contributed by atoms with Crippen LogP contribution in [-0.4, -0.2) is 19.6 Å². The number of nitrogens with one attached hydrogen (secondary N) is 2. The number of hydrogen-bond donors (Lipinski definition) is 2. The third-order valence-corrected chi connectivity index (χ3v) is 3.47. The monoisotopic (exact) mass is 303 g/mol. The first-order valence-electron chi connectivity index (χ1n) is 7.16. The highest BCUT2D eigenvalue weighted by Crippen LogP contribution is 2.21. The van der Waals surface area contributed by atoms with Gasteiger partial charge >= 0.3 is 0 Å². The Bertz CT molecular complexity index is 1000. The van der Waals surface area contributed by atoms with Gasteiger partial charge in [-0.25, -0.2) is 4.52 Å². The Labute approximate surface area is 131 Å². The Morgan fingerprint density at radius 2 is 1.83 bits per heavy atom. The van der Waals surface area contributed by atoms with E-state index in [1.54, 1.807) is 16.8 Å². The van der Waals surface area contributed by atoms with Crippen LogP contribution in [0.15, 0.2) is 71.7 Å². The van der Waals surface area contributed by atoms with Gasteiger partial charge in [0.05, 0.1) is 11.4 Å². The van der Waals surface area contributed by atoms with Gasteiger partial charge in [0.2, 0.25) is 11.5 Å². The van der Waals surface area contributed by atoms with Crippen molar-refractivity contribution in [1.82, 2.24) is 19.6 Å². The standard InChI is InChI=1S/C17H13N5O/c23-16-10-9-13(11-18-16)19-17-20-15-8-4-7-14(22(15)21-17)12-5-2-1-3-6-12/h1-11H,(H,18,23)(H,19,21). The number of hydrogen-bond acceptors (Lipinski definition) is 4. The molecular weight excluding hydrogens is 290 g/mol. The van der Waals surface area contributed by atoms with E-state index in [1.165, 1.54) is 6.07 Å². The van der Waals surface area contributed by atoms with E-state index in [2.05, 4.69) is 20.4 Å². The Morgan fingerprint density at radius 3 is 2.61 bits per heavy atom. The zero-order chi connectivity index (χ0) is 15.6. The minimum absolute atomic E-state index is 0.148. The lowest BCUT2D eigenvalue weighted by Crippen LogP contribution is -2.03. The molecule has 4 rings (SSSR count). The second-order valence-corrected chi connectivity index (χ2v) is 5.05. The van der Waals surface area contributed by atoms with Gasteiger partial charge in [0.25, 0.3) is 0 Å². The summed E-state index contributed by atoms with van der Waals surface area (Å²) < 4.78 is 1.79. The Morgan fingerprint density at radius 1 is 0.957 bits per heavy atom. The van der Waals surface area contributed by atoms with Gasteiger partial charge in [-0.3, -0.25) is 4.79 Å². The fraction of sp³-hybridized carbons (Fsp3) is 0. The van der Waals surface area contributed by atoms with E-state index in [0.29, 0.717) is 5.95 Å². The maximum atomic E-state index is 11.1. The van der Waals surface area contributed by atoms with Gasteiger partial charge in [-0.1, -0.05) is 36.4 Å². The largest absolute Gasteiger partial charge is 0.327 e. The number of fused-ring (bicyclic) bond motifs is 1. The highest BCUT2D eigenvalue weighted by Gasteiger charge is 2.08. The van der Waals surface area contributed by atoms with E-state index < -0.39 is 0 Å². The number of pyridine rings is 2. The summed E-state index contributed by atoms with van der Waals surface area (Å²) in [6, 6.07) is 19.0. The highest BCUT2D eigenvalue weighted by atomic mass is 16.1. The van der Waals surface area contributed by atoms with Crippen LogP contribution >= 0.6 is 0 Å². The van der Waals surface area contributed by atoms with E-state index >= 15 is 0 Å². The van der Waals surface area contributed by atoms with Crippen molar-refractivity contribution in [2.75, 3.05) is 5.32 Å². The van der Waals surface area contributed by atoms with Gasteiger partial charge in [-0.2, -0.15) is 4.98 Å². The number of benzene rings is 1. The van der Waals surface area contributed by atoms with Gasteiger partial charge in [0.1, 0.15) is 0 Å². The molecule has 4 aromatic rings. The summed E-state index contributed by atoms with van der Waals surface area (Å²) in [5.41, 5.74) is 3.36. The molecule has 1 aromatic carbocycles. The normalized spacial score (nSPS) is 10.8. The molecule has 0 bridgehead atoms. The smallest absolute Gasteiger partial charge is 0.248 e. The van der Waals surface area contributed by atoms with Crippen LogP contribution in [0.25, 0.3) is 16.9 Å². The van der Waals surface area contributed by atoms with E-state index in [4.69, 9.17) is 0 Å². The van der Waals surface area contributed by atoms with Crippen LogP contribution in [0, 0.1) is 0 Å². The number of nitrogens with zero attached hydrogens (tertiary/aromatic N) is 3. The molecule has 6 nitrogen and oxygen atoms in total. The molecule has 3 heterocycles. The molecule has 2 N–H and O–H groups in total. The molecule has 0 fully saturated rings. The molecule has 3 aromatic heterocycles. The minimum atomic E-state index is -0.148. The SMILES string of the molecule is O=c1ccc(Nc2nc3cccc(-c4ccccc4)n3n2)c[nH]1. The lowest BCUT2D eigenvalue weighted by atomic mass is 10.1. The van der Waals surface area contributed by atoms with Gasteiger partial charge < -0.3 is 10.3 Å². The summed E-state index contributed by atoms with van der Waals surface area (Å²) in [5, 5.41) is 7.60. The molecule has 0 radical (unpaired) electrons. The van der Waals surface area contributed by atoms with Crippen molar-refractivity contribution in [3.05, 3.63) is 77.2 Å². The zero-order valence-electron chi connectivity index (χ0n) is 12.1. The van der Waals surface area contributed by atoms with Gasteiger partial charge in [-0.15, -0.1) is 5.10 Å². The van der Waals surface area contributed by atoms with E-state index in [1.807, 2.05) is 48.5 Å². The van der Waals surface area contributed by atoms with Crippen molar-refractivity contribution in [2.45, 2.75) is 0 Å². The maximum absolute atomic E-state index is 11.1. The first-order valence-corrected chi connectivity index (χ1v) is 7.16. The summed E-state index contributed by atoms with van der Waals surface area (Å²) in [5.74, 6) is 0.473. The quantitative estimate of drug-likeness (QED) is 0.610. The molecule has 0 spiro atoms. The average Bonchev–Trinajstić information content (AvgIpc) is 3.00. The number of rotatable bonds is 3. The number of anilines is 2. The third kappa shape index (κ3) is 2.57. The van der Waals surface area contributed by atoms with E-state index in [9.17, 15) is 4.79 Å². The lowest BCUT2D eigenvalue weighted by molar-refractivity contribution is 0.973. The number of H-pyrrole nitrogens is 1. The summed E-state index contributed by atoms with van der Waals surface area (Å²) in [6.45, 7) is 0. The summed E-state index contributed by atoms with van der Waals surface area (Å²) >= 11 is 0. The second kappa shape index (κ2) is 5.42. The van der Waals surface area contributed by atoms with Crippen molar-refractivity contribution in [3.8, 4) is 11.3 Å². The molecule has 6 heteroatoms. The molecule has 0 amide bonds. The molecule has 0 atom stereocenters. The van der Waals surface area contributed by atoms with Crippen molar-refractivity contribution >= 4 is 17.3 Å². The van der Waals surface area contributed by atoms with Crippen molar-refractivity contribution in [3.63, 3.8) is 0 Å². The maximum Gasteiger partial charge on any atom is 0.248 e. The fourth-order valence-electron chi connectivity index (χ4n) is 2.40. The molecule has 0 unspecified atom stereocenters. The molecule has 0 aliphatic carbocycles. The topological polar surface area (TPSA) is 75.1 Å². The van der Waals surface area contributed by atoms with Gasteiger partial charge in [0.15, 0.2) is 5.65 Å². The van der Waals surface area contributed by atoms with Crippen LogP contribution in [0.1, 0.15) is 0 Å². The molecule has 0 aliphatic heterocycles. The molecule has 23 heavy (non-hydrogen) atoms. The zero-order valence-corrected chi connectivity index (χ0v) is 12.1. The van der Waals surface area contributed by atoms with Crippen LogP contribution in [-0.2, 0) is 0 Å². The molecule has 112 valence electrons. The molecule has 0 saturated heterocycles. The number of aromatic amines is 1. The summed E-state index contributed by atoms with van der Waals surface area (Å²) in [6.07, 6.45) is 1.59. The van der Waals surface area contributed by atoms with E-state index in [0.717, 1.165) is 22.6 Å². The van der Waals surface area contributed by atoms with Crippen molar-refractivity contribution < 1.29 is 0 Å². The van der Waals surface area contributed by atoms with Crippen LogP contribution in [0.2, 0.25) is 0 Å². The Hall–Kier alpha value is -3.41. The average molecular weight is 303 g/mol. The number of aromatic nitrogens is 4. The predicted octanol–water partition coefficient (Wildman–Crippen LogP) is 2.83. The Kier molecular flexibility index (Phi) is 3.12. The van der Waals surface area contributed by atoms with E-state index in [-0.39, 0.29) is 5.56 Å². The molecule has 0 aliphatic rings. The highest BCUT2D eigenvalue weighted by molar-refractivity contribution is 5.64. The second-order valence-electron chi connectivity index (χ2n) is 5.05. The first kappa shape index (κ1) is 13.3. The fourth-order valence-corrected chi connectivity index (χ4v) is 2.40. The van der Waals surface area contributed by atoms with Crippen LogP contribution in [0.3, 0.4) is 0 Å². The first-order chi connectivity index (χ1) is 11.3. The van der Waals surface area contributed by atoms with Crippen molar-refractivity contribution in [1.29, 1.82) is 0 Å². The van der Waals surface area contributed by atoms with Crippen molar-refractivity contribution in [2.24, 2.45) is 0 Å². The predicted molar refractivity (Wildman–Crippen MR) is 88.8 cm³/mol. The minimum Gasteiger partial charge on any atom is -0.327 e. The third-order valence-electron chi connectivity index (χ3n) is 3.47. The molecule has 0 saturated carbocycles. The van der Waals surface area contributed by atoms with Crippen LogP contribution in [0.4, 0.5) is 11.6 Å². The summed E-state index contributed by atoms with van der Waals surface area (Å²) in [7, 11) is 0. The summed E-state index contributed by atoms with van der Waals surface area (Å²) in [4.78, 5) is 18.2. The molecular formula is C17H13N5O.